The van der Waals surface area contributed by atoms with Crippen LogP contribution in [0, 0.1) is 0 Å². The molecule has 1 aromatic rings. The molecule has 0 amide bonds. The maximum Gasteiger partial charge on any atom is 0.345 e. The molecule has 1 aromatic carbocycles. The molecule has 1 rings (SSSR count). The van der Waals surface area contributed by atoms with Gasteiger partial charge in [0.1, 0.15) is 0 Å². The lowest BCUT2D eigenvalue weighted by Gasteiger charge is -2.06. The van der Waals surface area contributed by atoms with Crippen molar-refractivity contribution in [2.45, 2.75) is 65.2 Å². The van der Waals surface area contributed by atoms with Crippen molar-refractivity contribution in [3.05, 3.63) is 35.4 Å². The van der Waals surface area contributed by atoms with Crippen LogP contribution < -0.4 is 0 Å². The van der Waals surface area contributed by atoms with E-state index < -0.39 is 11.9 Å². The Morgan fingerprint density at radius 3 is 2.19 bits per heavy atom. The number of hydrogen-bond donors (Lipinski definition) is 0. The minimum atomic E-state index is -0.552. The van der Waals surface area contributed by atoms with E-state index in [0.29, 0.717) is 17.9 Å². The lowest BCUT2D eigenvalue weighted by Crippen LogP contribution is -2.12. The number of ether oxygens (including phenoxy) is 1. The zero-order valence-corrected chi connectivity index (χ0v) is 13.4. The molecule has 0 atom stereocenters. The fraction of sp³-hybridized carbons (Fsp3) is 0.556. The standard InChI is InChI=1S/C18H26O3/c1-4-5-6-7-8-9-17(19)21-18(20)16-12-10-15(11-13-16)14(2)3/h10-14H,4-9H2,1-3H3. The first kappa shape index (κ1) is 17.4. The third-order valence-electron chi connectivity index (χ3n) is 3.50. The molecule has 0 radical (unpaired) electrons. The van der Waals surface area contributed by atoms with Crippen LogP contribution in [0.1, 0.15) is 81.1 Å². The van der Waals surface area contributed by atoms with Crippen molar-refractivity contribution in [3.8, 4) is 0 Å². The minimum Gasteiger partial charge on any atom is -0.389 e. The quantitative estimate of drug-likeness (QED) is 0.390. The summed E-state index contributed by atoms with van der Waals surface area (Å²) in [7, 11) is 0. The number of carbonyl (C=O) groups excluding carboxylic acids is 2. The molecule has 0 spiro atoms. The fourth-order valence-corrected chi connectivity index (χ4v) is 2.09. The molecular formula is C18H26O3. The number of rotatable bonds is 8. The summed E-state index contributed by atoms with van der Waals surface area (Å²) in [6.07, 6.45) is 5.62. The van der Waals surface area contributed by atoms with Gasteiger partial charge in [0.2, 0.25) is 0 Å². The molecule has 0 unspecified atom stereocenters. The lowest BCUT2D eigenvalue weighted by molar-refractivity contribution is -0.138. The van der Waals surface area contributed by atoms with Crippen LogP contribution in [0.3, 0.4) is 0 Å². The maximum absolute atomic E-state index is 11.8. The van der Waals surface area contributed by atoms with Crippen LogP contribution in [0.25, 0.3) is 0 Å². The molecular weight excluding hydrogens is 264 g/mol. The largest absolute Gasteiger partial charge is 0.389 e. The number of unbranched alkanes of at least 4 members (excludes halogenated alkanes) is 4. The Bertz CT molecular complexity index is 446. The SMILES string of the molecule is CCCCCCCC(=O)OC(=O)c1ccc(C(C)C)cc1. The van der Waals surface area contributed by atoms with E-state index in [1.165, 1.54) is 12.8 Å². The molecule has 116 valence electrons. The summed E-state index contributed by atoms with van der Waals surface area (Å²) < 4.78 is 4.87. The van der Waals surface area contributed by atoms with E-state index >= 15 is 0 Å². The molecule has 21 heavy (non-hydrogen) atoms. The molecule has 3 heteroatoms. The maximum atomic E-state index is 11.8. The normalized spacial score (nSPS) is 10.7. The van der Waals surface area contributed by atoms with Crippen LogP contribution in [0.2, 0.25) is 0 Å². The van der Waals surface area contributed by atoms with Gasteiger partial charge < -0.3 is 4.74 Å². The van der Waals surface area contributed by atoms with Gasteiger partial charge in [-0.3, -0.25) is 4.79 Å². The molecule has 0 N–H and O–H groups in total. The van der Waals surface area contributed by atoms with Gasteiger partial charge in [-0.15, -0.1) is 0 Å². The highest BCUT2D eigenvalue weighted by Gasteiger charge is 2.12. The van der Waals surface area contributed by atoms with Crippen LogP contribution >= 0.6 is 0 Å². The molecule has 0 bridgehead atoms. The Morgan fingerprint density at radius 1 is 1.00 bits per heavy atom. The van der Waals surface area contributed by atoms with Crippen molar-refractivity contribution >= 4 is 11.9 Å². The summed E-state index contributed by atoms with van der Waals surface area (Å²) >= 11 is 0. The second-order valence-electron chi connectivity index (χ2n) is 5.70. The smallest absolute Gasteiger partial charge is 0.345 e. The Hall–Kier alpha value is -1.64. The number of hydrogen-bond acceptors (Lipinski definition) is 3. The van der Waals surface area contributed by atoms with Crippen LogP contribution in [0.4, 0.5) is 0 Å². The molecule has 0 saturated heterocycles. The van der Waals surface area contributed by atoms with Gasteiger partial charge in [0, 0.05) is 6.42 Å². The Morgan fingerprint density at radius 2 is 1.62 bits per heavy atom. The van der Waals surface area contributed by atoms with Crippen molar-refractivity contribution in [1.82, 2.24) is 0 Å². The molecule has 3 nitrogen and oxygen atoms in total. The summed E-state index contributed by atoms with van der Waals surface area (Å²) in [4.78, 5) is 23.4. The Labute approximate surface area is 127 Å². The van der Waals surface area contributed by atoms with Gasteiger partial charge in [-0.05, 0) is 30.0 Å². The fourth-order valence-electron chi connectivity index (χ4n) is 2.09. The van der Waals surface area contributed by atoms with Crippen LogP contribution in [-0.4, -0.2) is 11.9 Å². The molecule has 0 aliphatic heterocycles. The predicted octanol–water partition coefficient (Wildman–Crippen LogP) is 4.85. The average Bonchev–Trinajstić information content (AvgIpc) is 2.47. The third kappa shape index (κ3) is 6.56. The van der Waals surface area contributed by atoms with Crippen molar-refractivity contribution in [1.29, 1.82) is 0 Å². The first-order valence-corrected chi connectivity index (χ1v) is 7.89. The van der Waals surface area contributed by atoms with Gasteiger partial charge in [0.15, 0.2) is 0 Å². The van der Waals surface area contributed by atoms with Gasteiger partial charge in [0.25, 0.3) is 0 Å². The zero-order chi connectivity index (χ0) is 15.7. The molecule has 0 fully saturated rings. The Kier molecular flexibility index (Phi) is 7.73. The van der Waals surface area contributed by atoms with E-state index in [9.17, 15) is 9.59 Å². The molecule has 0 aliphatic rings. The highest BCUT2D eigenvalue weighted by Crippen LogP contribution is 2.15. The van der Waals surface area contributed by atoms with E-state index in [1.807, 2.05) is 12.1 Å². The van der Waals surface area contributed by atoms with Crippen LogP contribution in [-0.2, 0) is 9.53 Å². The van der Waals surface area contributed by atoms with Crippen LogP contribution in [0.5, 0.6) is 0 Å². The average molecular weight is 290 g/mol. The van der Waals surface area contributed by atoms with E-state index in [4.69, 9.17) is 4.74 Å². The van der Waals surface area contributed by atoms with Gasteiger partial charge in [0.05, 0.1) is 5.56 Å². The van der Waals surface area contributed by atoms with E-state index in [-0.39, 0.29) is 0 Å². The van der Waals surface area contributed by atoms with E-state index in [0.717, 1.165) is 24.8 Å². The molecule has 0 saturated carbocycles. The van der Waals surface area contributed by atoms with E-state index in [1.54, 1.807) is 12.1 Å². The first-order valence-electron chi connectivity index (χ1n) is 7.89. The zero-order valence-electron chi connectivity index (χ0n) is 13.4. The van der Waals surface area contributed by atoms with Gasteiger partial charge in [-0.25, -0.2) is 4.79 Å². The number of esters is 2. The van der Waals surface area contributed by atoms with Gasteiger partial charge in [-0.1, -0.05) is 58.6 Å². The summed E-state index contributed by atoms with van der Waals surface area (Å²) in [5.41, 5.74) is 1.59. The lowest BCUT2D eigenvalue weighted by atomic mass is 10.0. The topological polar surface area (TPSA) is 43.4 Å². The highest BCUT2D eigenvalue weighted by molar-refractivity contribution is 5.96. The number of carbonyl (C=O) groups is 2. The second kappa shape index (κ2) is 9.32. The summed E-state index contributed by atoms with van der Waals surface area (Å²) in [6, 6.07) is 7.23. The minimum absolute atomic E-state index is 0.319. The van der Waals surface area contributed by atoms with E-state index in [2.05, 4.69) is 20.8 Å². The Balaban J connectivity index is 2.36. The van der Waals surface area contributed by atoms with Crippen LogP contribution in [0.15, 0.2) is 24.3 Å². The van der Waals surface area contributed by atoms with Gasteiger partial charge in [-0.2, -0.15) is 0 Å². The molecule has 0 heterocycles. The molecule has 0 aromatic heterocycles. The number of benzene rings is 1. The van der Waals surface area contributed by atoms with Crippen molar-refractivity contribution in [3.63, 3.8) is 0 Å². The van der Waals surface area contributed by atoms with Crippen molar-refractivity contribution in [2.24, 2.45) is 0 Å². The monoisotopic (exact) mass is 290 g/mol. The first-order chi connectivity index (χ1) is 10.0. The molecule has 0 aliphatic carbocycles. The van der Waals surface area contributed by atoms with Gasteiger partial charge >= 0.3 is 11.9 Å². The third-order valence-corrected chi connectivity index (χ3v) is 3.50. The van der Waals surface area contributed by atoms with Crippen molar-refractivity contribution < 1.29 is 14.3 Å². The summed E-state index contributed by atoms with van der Waals surface area (Å²) in [5.74, 6) is -0.562. The predicted molar refractivity (Wildman–Crippen MR) is 84.3 cm³/mol. The highest BCUT2D eigenvalue weighted by atomic mass is 16.6. The second-order valence-corrected chi connectivity index (χ2v) is 5.70. The summed E-state index contributed by atoms with van der Waals surface area (Å²) in [5, 5.41) is 0. The summed E-state index contributed by atoms with van der Waals surface area (Å²) in [6.45, 7) is 6.34. The van der Waals surface area contributed by atoms with Crippen molar-refractivity contribution in [2.75, 3.05) is 0 Å².